The van der Waals surface area contributed by atoms with E-state index in [9.17, 15) is 28.6 Å². The Hall–Kier alpha value is -4.40. The number of benzene rings is 3. The molecule has 2 N–H and O–H groups in total. The molecule has 0 spiro atoms. The predicted octanol–water partition coefficient (Wildman–Crippen LogP) is 4.63. The number of aromatic hydroxyl groups is 1. The number of Topliss-reactive ketones (excluding diaryl/α,β-unsaturated/α-hetero) is 1. The van der Waals surface area contributed by atoms with Crippen LogP contribution in [0.15, 0.2) is 60.2 Å². The molecule has 0 saturated carbocycles. The SMILES string of the molecule is COc1ccc(C2/C(=C(/O)c3ccc4c(c3)CCCO4)C(=O)C(=O)N2c2ccc(F)c(F)c2)cc1O. The molecule has 36 heavy (non-hydrogen) atoms. The lowest BCUT2D eigenvalue weighted by atomic mass is 9.93. The first-order chi connectivity index (χ1) is 17.3. The first kappa shape index (κ1) is 23.3. The van der Waals surface area contributed by atoms with E-state index in [-0.39, 0.29) is 28.3 Å². The number of nitrogens with zero attached hydrogens (tertiary/aromatic N) is 1. The summed E-state index contributed by atoms with van der Waals surface area (Å²) in [5.74, 6) is -4.25. The molecule has 1 amide bonds. The number of halogens is 2. The number of ketones is 1. The zero-order valence-electron chi connectivity index (χ0n) is 19.1. The molecule has 2 heterocycles. The Balaban J connectivity index is 1.71. The summed E-state index contributed by atoms with van der Waals surface area (Å²) in [5, 5.41) is 21.7. The second kappa shape index (κ2) is 8.99. The van der Waals surface area contributed by atoms with Gasteiger partial charge >= 0.3 is 0 Å². The number of hydrogen-bond acceptors (Lipinski definition) is 6. The van der Waals surface area contributed by atoms with E-state index in [0.717, 1.165) is 41.5 Å². The summed E-state index contributed by atoms with van der Waals surface area (Å²) >= 11 is 0. The number of aryl methyl sites for hydroxylation is 1. The molecule has 0 aliphatic carbocycles. The molecule has 1 fully saturated rings. The molecule has 0 aromatic heterocycles. The van der Waals surface area contributed by atoms with Crippen LogP contribution in [0.3, 0.4) is 0 Å². The summed E-state index contributed by atoms with van der Waals surface area (Å²) in [7, 11) is 1.36. The first-order valence-electron chi connectivity index (χ1n) is 11.2. The monoisotopic (exact) mass is 493 g/mol. The number of aliphatic hydroxyl groups is 1. The number of rotatable bonds is 4. The molecular weight excluding hydrogens is 472 g/mol. The summed E-state index contributed by atoms with van der Waals surface area (Å²) in [4.78, 5) is 27.4. The van der Waals surface area contributed by atoms with Crippen LogP contribution in [0, 0.1) is 11.6 Å². The van der Waals surface area contributed by atoms with Gasteiger partial charge in [0.15, 0.2) is 23.1 Å². The second-order valence-electron chi connectivity index (χ2n) is 8.47. The minimum absolute atomic E-state index is 0.0887. The minimum Gasteiger partial charge on any atom is -0.507 e. The third-order valence-corrected chi connectivity index (χ3v) is 6.33. The topological polar surface area (TPSA) is 96.3 Å². The van der Waals surface area contributed by atoms with Gasteiger partial charge in [-0.1, -0.05) is 6.07 Å². The largest absolute Gasteiger partial charge is 0.507 e. The molecule has 1 atom stereocenters. The lowest BCUT2D eigenvalue weighted by Gasteiger charge is -2.26. The van der Waals surface area contributed by atoms with Crippen LogP contribution in [-0.2, 0) is 16.0 Å². The molecular formula is C27H21F2NO6. The zero-order valence-corrected chi connectivity index (χ0v) is 19.1. The van der Waals surface area contributed by atoms with Crippen molar-refractivity contribution in [3.63, 3.8) is 0 Å². The van der Waals surface area contributed by atoms with Gasteiger partial charge in [0.2, 0.25) is 0 Å². The van der Waals surface area contributed by atoms with Crippen molar-refractivity contribution in [3.8, 4) is 17.2 Å². The molecule has 0 bridgehead atoms. The fourth-order valence-electron chi connectivity index (χ4n) is 4.59. The lowest BCUT2D eigenvalue weighted by molar-refractivity contribution is -0.132. The summed E-state index contributed by atoms with van der Waals surface area (Å²) < 4.78 is 38.4. The van der Waals surface area contributed by atoms with Crippen LogP contribution in [-0.4, -0.2) is 35.6 Å². The maximum absolute atomic E-state index is 14.1. The lowest BCUT2D eigenvalue weighted by Crippen LogP contribution is -2.29. The van der Waals surface area contributed by atoms with Crippen LogP contribution in [0.1, 0.15) is 29.2 Å². The highest BCUT2D eigenvalue weighted by Gasteiger charge is 2.47. The zero-order chi connectivity index (χ0) is 25.6. The molecule has 1 unspecified atom stereocenters. The van der Waals surface area contributed by atoms with E-state index in [1.807, 2.05) is 0 Å². The molecule has 0 radical (unpaired) electrons. The van der Waals surface area contributed by atoms with Crippen molar-refractivity contribution in [1.82, 2.24) is 0 Å². The minimum atomic E-state index is -1.24. The van der Waals surface area contributed by atoms with Crippen molar-refractivity contribution >= 4 is 23.1 Å². The number of methoxy groups -OCH3 is 1. The fourth-order valence-corrected chi connectivity index (χ4v) is 4.59. The van der Waals surface area contributed by atoms with E-state index >= 15 is 0 Å². The van der Waals surface area contributed by atoms with E-state index in [1.54, 1.807) is 18.2 Å². The summed E-state index contributed by atoms with van der Waals surface area (Å²) in [5.41, 5.74) is 1.05. The van der Waals surface area contributed by atoms with Crippen LogP contribution in [0.4, 0.5) is 14.5 Å². The highest BCUT2D eigenvalue weighted by atomic mass is 19.2. The van der Waals surface area contributed by atoms with Gasteiger partial charge in [0.25, 0.3) is 11.7 Å². The first-order valence-corrected chi connectivity index (χ1v) is 11.2. The molecule has 9 heteroatoms. The number of carbonyl (C=O) groups is 2. The predicted molar refractivity (Wildman–Crippen MR) is 126 cm³/mol. The number of carbonyl (C=O) groups excluding carboxylic acids is 2. The van der Waals surface area contributed by atoms with Crippen molar-refractivity contribution in [1.29, 1.82) is 0 Å². The Morgan fingerprint density at radius 1 is 1.06 bits per heavy atom. The van der Waals surface area contributed by atoms with E-state index in [1.165, 1.54) is 25.3 Å². The Labute approximate surface area is 204 Å². The van der Waals surface area contributed by atoms with Gasteiger partial charge in [-0.3, -0.25) is 14.5 Å². The van der Waals surface area contributed by atoms with Gasteiger partial charge in [0.1, 0.15) is 11.5 Å². The molecule has 2 aliphatic heterocycles. The fraction of sp³-hybridized carbons (Fsp3) is 0.185. The number of hydrogen-bond donors (Lipinski definition) is 2. The Morgan fingerprint density at radius 2 is 1.86 bits per heavy atom. The standard InChI is InChI=1S/C27H21F2NO6/c1-35-22-9-4-15(12-20(22)31)24-23(25(32)16-5-8-21-14(11-16)3-2-10-36-21)26(33)27(34)30(24)17-6-7-18(28)19(29)13-17/h4-9,11-13,24,31-32H,2-3,10H2,1H3/b25-23-. The molecule has 2 aliphatic rings. The van der Waals surface area contributed by atoms with Gasteiger partial charge in [-0.2, -0.15) is 0 Å². The summed E-state index contributed by atoms with van der Waals surface area (Å²) in [6, 6.07) is 10.8. The number of ether oxygens (including phenoxy) is 2. The van der Waals surface area contributed by atoms with Crippen molar-refractivity contribution < 1.29 is 38.1 Å². The molecule has 1 saturated heterocycles. The number of phenolic OH excluding ortho intramolecular Hbond substituents is 1. The molecule has 7 nitrogen and oxygen atoms in total. The van der Waals surface area contributed by atoms with Crippen LogP contribution in [0.25, 0.3) is 5.76 Å². The van der Waals surface area contributed by atoms with E-state index in [4.69, 9.17) is 9.47 Å². The van der Waals surface area contributed by atoms with Crippen LogP contribution >= 0.6 is 0 Å². The van der Waals surface area contributed by atoms with Crippen LogP contribution in [0.2, 0.25) is 0 Å². The Morgan fingerprint density at radius 3 is 2.58 bits per heavy atom. The normalized spacial score (nSPS) is 18.6. The average molecular weight is 493 g/mol. The van der Waals surface area contributed by atoms with Crippen LogP contribution < -0.4 is 14.4 Å². The maximum Gasteiger partial charge on any atom is 0.300 e. The van der Waals surface area contributed by atoms with E-state index < -0.39 is 35.1 Å². The summed E-state index contributed by atoms with van der Waals surface area (Å²) in [6.07, 6.45) is 1.51. The second-order valence-corrected chi connectivity index (χ2v) is 8.47. The Kier molecular flexibility index (Phi) is 5.83. The number of anilines is 1. The molecule has 5 rings (SSSR count). The third kappa shape index (κ3) is 3.82. The molecule has 3 aromatic rings. The van der Waals surface area contributed by atoms with Crippen molar-refractivity contribution in [2.24, 2.45) is 0 Å². The number of aliphatic hydroxyl groups excluding tert-OH is 1. The molecule has 184 valence electrons. The van der Waals surface area contributed by atoms with E-state index in [2.05, 4.69) is 0 Å². The quantitative estimate of drug-likeness (QED) is 0.313. The highest BCUT2D eigenvalue weighted by Crippen LogP contribution is 2.44. The van der Waals surface area contributed by atoms with Gasteiger partial charge in [0.05, 0.1) is 25.3 Å². The maximum atomic E-state index is 14.1. The number of amides is 1. The number of phenols is 1. The Bertz CT molecular complexity index is 1430. The van der Waals surface area contributed by atoms with Gasteiger partial charge in [0, 0.05) is 17.3 Å². The van der Waals surface area contributed by atoms with Crippen LogP contribution in [0.5, 0.6) is 17.2 Å². The van der Waals surface area contributed by atoms with Gasteiger partial charge in [-0.25, -0.2) is 8.78 Å². The van der Waals surface area contributed by atoms with Crippen molar-refractivity contribution in [3.05, 3.63) is 88.5 Å². The van der Waals surface area contributed by atoms with E-state index in [0.29, 0.717) is 17.9 Å². The molecule has 3 aromatic carbocycles. The van der Waals surface area contributed by atoms with Gasteiger partial charge in [-0.05, 0) is 66.4 Å². The smallest absolute Gasteiger partial charge is 0.300 e. The van der Waals surface area contributed by atoms with Gasteiger partial charge in [-0.15, -0.1) is 0 Å². The van der Waals surface area contributed by atoms with Crippen molar-refractivity contribution in [2.75, 3.05) is 18.6 Å². The number of fused-ring (bicyclic) bond motifs is 1. The summed E-state index contributed by atoms with van der Waals surface area (Å²) in [6.45, 7) is 0.582. The van der Waals surface area contributed by atoms with Gasteiger partial charge < -0.3 is 19.7 Å². The highest BCUT2D eigenvalue weighted by molar-refractivity contribution is 6.51. The van der Waals surface area contributed by atoms with Crippen molar-refractivity contribution in [2.45, 2.75) is 18.9 Å². The third-order valence-electron chi connectivity index (χ3n) is 6.33. The average Bonchev–Trinajstić information content (AvgIpc) is 3.15.